The van der Waals surface area contributed by atoms with E-state index in [0.717, 1.165) is 76.9 Å². The Hall–Kier alpha value is -1.92. The molecule has 6 heteroatoms. The molecular weight excluding hydrogens is 366 g/mol. The number of carbonyl (C=O) groups excluding carboxylic acids is 2. The van der Waals surface area contributed by atoms with Crippen molar-refractivity contribution in [2.75, 3.05) is 39.3 Å². The van der Waals surface area contributed by atoms with Crippen LogP contribution in [-0.4, -0.2) is 73.1 Å². The fourth-order valence-electron chi connectivity index (χ4n) is 4.89. The minimum Gasteiger partial charge on any atom is -0.376 e. The Balaban J connectivity index is 1.18. The van der Waals surface area contributed by atoms with Gasteiger partial charge in [0, 0.05) is 43.8 Å². The quantitative estimate of drug-likeness (QED) is 0.825. The third-order valence-electron chi connectivity index (χ3n) is 6.72. The minimum absolute atomic E-state index is 0.132. The Bertz CT molecular complexity index is 674. The number of piperidine rings is 2. The van der Waals surface area contributed by atoms with Gasteiger partial charge in [0.05, 0.1) is 6.10 Å². The summed E-state index contributed by atoms with van der Waals surface area (Å²) in [5.74, 6) is 0.474. The minimum atomic E-state index is 0.132. The van der Waals surface area contributed by atoms with Crippen LogP contribution in [0.4, 0.5) is 0 Å². The molecule has 0 radical (unpaired) electrons. The zero-order valence-corrected chi connectivity index (χ0v) is 17.2. The molecule has 1 aromatic rings. The molecule has 3 fully saturated rings. The third kappa shape index (κ3) is 5.17. The highest BCUT2D eigenvalue weighted by atomic mass is 16.5. The van der Waals surface area contributed by atoms with Crippen molar-refractivity contribution < 1.29 is 14.3 Å². The first-order valence-electron chi connectivity index (χ1n) is 11.2. The maximum atomic E-state index is 12.6. The van der Waals surface area contributed by atoms with Gasteiger partial charge in [0.15, 0.2) is 0 Å². The topological polar surface area (TPSA) is 61.9 Å². The number of amides is 2. The lowest BCUT2D eigenvalue weighted by Crippen LogP contribution is -2.50. The van der Waals surface area contributed by atoms with E-state index in [1.165, 1.54) is 0 Å². The average Bonchev–Trinajstić information content (AvgIpc) is 3.31. The summed E-state index contributed by atoms with van der Waals surface area (Å²) < 4.78 is 5.59. The number of nitrogens with one attached hydrogen (secondary N) is 1. The molecule has 29 heavy (non-hydrogen) atoms. The molecule has 1 unspecified atom stereocenters. The van der Waals surface area contributed by atoms with Gasteiger partial charge in [-0.15, -0.1) is 0 Å². The highest BCUT2D eigenvalue weighted by Crippen LogP contribution is 2.25. The molecule has 1 N–H and O–H groups in total. The normalized spacial score (nSPS) is 24.6. The van der Waals surface area contributed by atoms with Crippen LogP contribution in [0.2, 0.25) is 0 Å². The van der Waals surface area contributed by atoms with Crippen molar-refractivity contribution in [2.45, 2.75) is 50.7 Å². The molecule has 4 rings (SSSR count). The Morgan fingerprint density at radius 3 is 2.34 bits per heavy atom. The molecule has 1 aromatic carbocycles. The van der Waals surface area contributed by atoms with Crippen LogP contribution in [0, 0.1) is 5.92 Å². The fraction of sp³-hybridized carbons (Fsp3) is 0.652. The molecule has 3 heterocycles. The van der Waals surface area contributed by atoms with Crippen LogP contribution in [0.1, 0.15) is 48.9 Å². The van der Waals surface area contributed by atoms with Gasteiger partial charge in [0.1, 0.15) is 0 Å². The summed E-state index contributed by atoms with van der Waals surface area (Å²) in [4.78, 5) is 29.6. The van der Waals surface area contributed by atoms with E-state index in [2.05, 4.69) is 10.2 Å². The van der Waals surface area contributed by atoms with Crippen molar-refractivity contribution in [1.29, 1.82) is 0 Å². The molecule has 158 valence electrons. The lowest BCUT2D eigenvalue weighted by molar-refractivity contribution is -0.127. The van der Waals surface area contributed by atoms with Gasteiger partial charge >= 0.3 is 0 Å². The maximum Gasteiger partial charge on any atom is 0.253 e. The van der Waals surface area contributed by atoms with Gasteiger partial charge in [0.2, 0.25) is 5.91 Å². The van der Waals surface area contributed by atoms with Gasteiger partial charge in [-0.2, -0.15) is 0 Å². The summed E-state index contributed by atoms with van der Waals surface area (Å²) in [6, 6.07) is 10.1. The van der Waals surface area contributed by atoms with Crippen LogP contribution >= 0.6 is 0 Å². The molecule has 0 spiro atoms. The van der Waals surface area contributed by atoms with E-state index in [0.29, 0.717) is 12.6 Å². The van der Waals surface area contributed by atoms with Crippen molar-refractivity contribution in [1.82, 2.24) is 15.1 Å². The van der Waals surface area contributed by atoms with Crippen LogP contribution in [0.3, 0.4) is 0 Å². The van der Waals surface area contributed by atoms with Crippen LogP contribution < -0.4 is 5.32 Å². The smallest absolute Gasteiger partial charge is 0.253 e. The first-order valence-corrected chi connectivity index (χ1v) is 11.2. The highest BCUT2D eigenvalue weighted by Gasteiger charge is 2.32. The van der Waals surface area contributed by atoms with Crippen LogP contribution in [0.25, 0.3) is 0 Å². The van der Waals surface area contributed by atoms with E-state index >= 15 is 0 Å². The van der Waals surface area contributed by atoms with Crippen LogP contribution in [0.5, 0.6) is 0 Å². The highest BCUT2D eigenvalue weighted by molar-refractivity contribution is 5.94. The van der Waals surface area contributed by atoms with Crippen molar-refractivity contribution >= 4 is 11.8 Å². The fourth-order valence-corrected chi connectivity index (χ4v) is 4.89. The second-order valence-electron chi connectivity index (χ2n) is 8.58. The monoisotopic (exact) mass is 399 g/mol. The first-order chi connectivity index (χ1) is 14.2. The van der Waals surface area contributed by atoms with E-state index in [-0.39, 0.29) is 23.8 Å². The number of carbonyl (C=O) groups is 2. The Morgan fingerprint density at radius 1 is 0.966 bits per heavy atom. The SMILES string of the molecule is O=C(NCC1CCCO1)C1CCN(C2CCN(C(=O)c3ccccc3)CC2)CC1. The summed E-state index contributed by atoms with van der Waals surface area (Å²) >= 11 is 0. The number of hydrogen-bond donors (Lipinski definition) is 1. The van der Waals surface area contributed by atoms with Gasteiger partial charge in [-0.05, 0) is 63.7 Å². The van der Waals surface area contributed by atoms with E-state index in [9.17, 15) is 9.59 Å². The van der Waals surface area contributed by atoms with E-state index in [1.54, 1.807) is 0 Å². The summed E-state index contributed by atoms with van der Waals surface area (Å²) in [5, 5.41) is 3.10. The summed E-state index contributed by atoms with van der Waals surface area (Å²) in [6.45, 7) is 5.09. The second kappa shape index (κ2) is 9.72. The third-order valence-corrected chi connectivity index (χ3v) is 6.72. The Morgan fingerprint density at radius 2 is 1.69 bits per heavy atom. The molecule has 0 aromatic heterocycles. The summed E-state index contributed by atoms with van der Waals surface area (Å²) in [6.07, 6.45) is 6.28. The molecule has 0 saturated carbocycles. The lowest BCUT2D eigenvalue weighted by atomic mass is 9.92. The van der Waals surface area contributed by atoms with Crippen molar-refractivity contribution in [2.24, 2.45) is 5.92 Å². The molecular formula is C23H33N3O3. The zero-order valence-electron chi connectivity index (χ0n) is 17.2. The van der Waals surface area contributed by atoms with Gasteiger partial charge < -0.3 is 19.9 Å². The number of hydrogen-bond acceptors (Lipinski definition) is 4. The maximum absolute atomic E-state index is 12.6. The number of nitrogens with zero attached hydrogens (tertiary/aromatic N) is 2. The predicted octanol–water partition coefficient (Wildman–Crippen LogP) is 2.30. The first kappa shape index (κ1) is 20.4. The second-order valence-corrected chi connectivity index (χ2v) is 8.58. The number of rotatable bonds is 5. The van der Waals surface area contributed by atoms with Gasteiger partial charge in [0.25, 0.3) is 5.91 Å². The van der Waals surface area contributed by atoms with E-state index in [1.807, 2.05) is 35.2 Å². The van der Waals surface area contributed by atoms with E-state index in [4.69, 9.17) is 4.74 Å². The van der Waals surface area contributed by atoms with E-state index < -0.39 is 0 Å². The van der Waals surface area contributed by atoms with Crippen LogP contribution in [0.15, 0.2) is 30.3 Å². The Labute approximate surface area is 173 Å². The van der Waals surface area contributed by atoms with Crippen molar-refractivity contribution in [3.8, 4) is 0 Å². The van der Waals surface area contributed by atoms with Crippen LogP contribution in [-0.2, 0) is 9.53 Å². The van der Waals surface area contributed by atoms with Gasteiger partial charge in [-0.1, -0.05) is 18.2 Å². The summed E-state index contributed by atoms with van der Waals surface area (Å²) in [7, 11) is 0. The zero-order chi connectivity index (χ0) is 20.1. The molecule has 2 amide bonds. The molecule has 3 saturated heterocycles. The number of ether oxygens (including phenoxy) is 1. The standard InChI is InChI=1S/C23H33N3O3/c27-22(24-17-21-7-4-16-29-21)18-8-12-25(13-9-18)20-10-14-26(15-11-20)23(28)19-5-2-1-3-6-19/h1-3,5-6,18,20-21H,4,7-17H2,(H,24,27). The van der Waals surface area contributed by atoms with Crippen molar-refractivity contribution in [3.05, 3.63) is 35.9 Å². The molecule has 6 nitrogen and oxygen atoms in total. The molecule has 3 aliphatic rings. The predicted molar refractivity (Wildman–Crippen MR) is 112 cm³/mol. The molecule has 1 atom stereocenters. The number of likely N-dealkylation sites (tertiary alicyclic amines) is 2. The molecule has 0 aliphatic carbocycles. The summed E-state index contributed by atoms with van der Waals surface area (Å²) in [5.41, 5.74) is 0.779. The Kier molecular flexibility index (Phi) is 6.82. The van der Waals surface area contributed by atoms with Gasteiger partial charge in [-0.25, -0.2) is 0 Å². The average molecular weight is 400 g/mol. The van der Waals surface area contributed by atoms with Crippen molar-refractivity contribution in [3.63, 3.8) is 0 Å². The number of benzene rings is 1. The van der Waals surface area contributed by atoms with Gasteiger partial charge in [-0.3, -0.25) is 9.59 Å². The molecule has 0 bridgehead atoms. The molecule has 3 aliphatic heterocycles. The lowest BCUT2D eigenvalue weighted by Gasteiger charge is -2.41. The largest absolute Gasteiger partial charge is 0.376 e.